The van der Waals surface area contributed by atoms with E-state index in [1.54, 1.807) is 7.05 Å². The maximum atomic E-state index is 11.3. The second-order valence-corrected chi connectivity index (χ2v) is 5.52. The van der Waals surface area contributed by atoms with Gasteiger partial charge in [-0.25, -0.2) is 0 Å². The van der Waals surface area contributed by atoms with Crippen molar-refractivity contribution in [3.05, 3.63) is 28.7 Å². The van der Waals surface area contributed by atoms with Gasteiger partial charge in [-0.1, -0.05) is 22.0 Å². The van der Waals surface area contributed by atoms with Gasteiger partial charge >= 0.3 is 5.97 Å². The van der Waals surface area contributed by atoms with Crippen LogP contribution in [0.25, 0.3) is 0 Å². The first-order chi connectivity index (χ1) is 8.57. The van der Waals surface area contributed by atoms with E-state index in [1.807, 2.05) is 12.1 Å². The zero-order valence-corrected chi connectivity index (χ0v) is 11.9. The highest BCUT2D eigenvalue weighted by Crippen LogP contribution is 2.27. The Morgan fingerprint density at radius 3 is 2.61 bits per heavy atom. The number of aliphatic carboxylic acids is 1. The number of piperidine rings is 1. The number of hydrogen-bond acceptors (Lipinski definition) is 3. The predicted molar refractivity (Wildman–Crippen MR) is 75.0 cm³/mol. The van der Waals surface area contributed by atoms with Crippen molar-refractivity contribution in [1.29, 1.82) is 0 Å². The van der Waals surface area contributed by atoms with Gasteiger partial charge in [0.15, 0.2) is 0 Å². The number of rotatable bonds is 3. The minimum Gasteiger partial charge on any atom is -0.480 e. The van der Waals surface area contributed by atoms with Gasteiger partial charge in [-0.05, 0) is 38.1 Å². The van der Waals surface area contributed by atoms with Crippen LogP contribution in [0, 0.1) is 0 Å². The Hall–Kier alpha value is -1.07. The Morgan fingerprint density at radius 2 is 2.11 bits per heavy atom. The molecule has 0 radical (unpaired) electrons. The van der Waals surface area contributed by atoms with Crippen molar-refractivity contribution in [2.24, 2.45) is 0 Å². The zero-order chi connectivity index (χ0) is 13.2. The molecule has 1 aromatic carbocycles. The maximum absolute atomic E-state index is 11.3. The summed E-state index contributed by atoms with van der Waals surface area (Å²) in [5.41, 5.74) is 0.377. The Bertz CT molecular complexity index is 442. The van der Waals surface area contributed by atoms with Crippen molar-refractivity contribution in [3.8, 4) is 0 Å². The Labute approximate surface area is 115 Å². The summed E-state index contributed by atoms with van der Waals surface area (Å²) in [4.78, 5) is 13.5. The third-order valence-electron chi connectivity index (χ3n) is 3.68. The molecule has 0 aliphatic carbocycles. The summed E-state index contributed by atoms with van der Waals surface area (Å²) in [6.07, 6.45) is 1.23. The highest BCUT2D eigenvalue weighted by atomic mass is 79.9. The van der Waals surface area contributed by atoms with E-state index < -0.39 is 11.5 Å². The Kier molecular flexibility index (Phi) is 3.92. The van der Waals surface area contributed by atoms with Gasteiger partial charge < -0.3 is 15.3 Å². The fraction of sp³-hybridized carbons (Fsp3) is 0.462. The second-order valence-electron chi connectivity index (χ2n) is 4.60. The van der Waals surface area contributed by atoms with Crippen LogP contribution >= 0.6 is 15.9 Å². The maximum Gasteiger partial charge on any atom is 0.324 e. The molecule has 2 rings (SSSR count). The van der Waals surface area contributed by atoms with Crippen LogP contribution in [0.3, 0.4) is 0 Å². The zero-order valence-electron chi connectivity index (χ0n) is 10.3. The molecule has 0 unspecified atom stereocenters. The van der Waals surface area contributed by atoms with E-state index in [1.165, 1.54) is 0 Å². The van der Waals surface area contributed by atoms with E-state index in [0.717, 1.165) is 23.2 Å². The molecule has 1 fully saturated rings. The molecule has 1 heterocycles. The van der Waals surface area contributed by atoms with Gasteiger partial charge in [-0.3, -0.25) is 4.79 Å². The van der Waals surface area contributed by atoms with E-state index in [9.17, 15) is 9.90 Å². The van der Waals surface area contributed by atoms with Crippen molar-refractivity contribution in [3.63, 3.8) is 0 Å². The summed E-state index contributed by atoms with van der Waals surface area (Å²) in [7, 11) is 1.73. The lowest BCUT2D eigenvalue weighted by atomic mass is 9.87. The molecule has 4 nitrogen and oxygen atoms in total. The van der Waals surface area contributed by atoms with Crippen molar-refractivity contribution < 1.29 is 9.90 Å². The van der Waals surface area contributed by atoms with Crippen molar-refractivity contribution in [2.45, 2.75) is 18.4 Å². The van der Waals surface area contributed by atoms with E-state index in [2.05, 4.69) is 38.3 Å². The highest BCUT2D eigenvalue weighted by Gasteiger charge is 2.40. The van der Waals surface area contributed by atoms with E-state index in [0.29, 0.717) is 12.8 Å². The monoisotopic (exact) mass is 312 g/mol. The van der Waals surface area contributed by atoms with Crippen LogP contribution in [0.1, 0.15) is 12.8 Å². The molecule has 0 amide bonds. The second kappa shape index (κ2) is 5.28. The van der Waals surface area contributed by atoms with Crippen molar-refractivity contribution in [1.82, 2.24) is 5.32 Å². The molecule has 18 heavy (non-hydrogen) atoms. The number of carboxylic acid groups (broad SMARTS) is 1. The summed E-state index contributed by atoms with van der Waals surface area (Å²) in [5.74, 6) is -0.751. The molecule has 98 valence electrons. The van der Waals surface area contributed by atoms with Gasteiger partial charge in [0.05, 0.1) is 0 Å². The van der Waals surface area contributed by atoms with E-state index in [-0.39, 0.29) is 0 Å². The van der Waals surface area contributed by atoms with Crippen LogP contribution in [0.4, 0.5) is 5.69 Å². The minimum absolute atomic E-state index is 0.616. The van der Waals surface area contributed by atoms with E-state index >= 15 is 0 Å². The van der Waals surface area contributed by atoms with Gasteiger partial charge in [0.1, 0.15) is 5.54 Å². The van der Waals surface area contributed by atoms with Crippen LogP contribution in [0.5, 0.6) is 0 Å². The SMILES string of the molecule is CNC1(C(=O)O)CCN(c2cccc(Br)c2)CC1. The summed E-state index contributed by atoms with van der Waals surface area (Å²) in [5, 5.41) is 12.3. The van der Waals surface area contributed by atoms with Gasteiger partial charge in [0.25, 0.3) is 0 Å². The molecule has 0 atom stereocenters. The first-order valence-electron chi connectivity index (χ1n) is 6.00. The standard InChI is InChI=1S/C13H17BrN2O2/c1-15-13(12(17)18)5-7-16(8-6-13)11-4-2-3-10(14)9-11/h2-4,9,15H,5-8H2,1H3,(H,17,18). The summed E-state index contributed by atoms with van der Waals surface area (Å²) < 4.78 is 1.05. The average Bonchev–Trinajstić information content (AvgIpc) is 2.38. The lowest BCUT2D eigenvalue weighted by Crippen LogP contribution is -2.57. The number of anilines is 1. The highest BCUT2D eigenvalue weighted by molar-refractivity contribution is 9.10. The number of nitrogens with one attached hydrogen (secondary N) is 1. The topological polar surface area (TPSA) is 52.6 Å². The number of likely N-dealkylation sites (N-methyl/N-ethyl adjacent to an activating group) is 1. The number of benzene rings is 1. The largest absolute Gasteiger partial charge is 0.480 e. The van der Waals surface area contributed by atoms with Crippen LogP contribution in [-0.4, -0.2) is 36.8 Å². The number of nitrogens with zero attached hydrogens (tertiary/aromatic N) is 1. The van der Waals surface area contributed by atoms with Crippen molar-refractivity contribution >= 4 is 27.6 Å². The van der Waals surface area contributed by atoms with Gasteiger partial charge in [0.2, 0.25) is 0 Å². The van der Waals surface area contributed by atoms with Crippen LogP contribution in [0.2, 0.25) is 0 Å². The van der Waals surface area contributed by atoms with E-state index in [4.69, 9.17) is 0 Å². The molecule has 0 spiro atoms. The molecular weight excluding hydrogens is 296 g/mol. The molecule has 1 saturated heterocycles. The van der Waals surface area contributed by atoms with Crippen LogP contribution in [-0.2, 0) is 4.79 Å². The lowest BCUT2D eigenvalue weighted by molar-refractivity contribution is -0.145. The molecule has 1 aliphatic heterocycles. The molecule has 1 aliphatic rings. The number of halogens is 1. The molecule has 0 aromatic heterocycles. The molecule has 1 aromatic rings. The normalized spacial score (nSPS) is 18.7. The summed E-state index contributed by atoms with van der Waals surface area (Å²) in [6.45, 7) is 1.51. The van der Waals surface area contributed by atoms with Crippen LogP contribution < -0.4 is 10.2 Å². The fourth-order valence-corrected chi connectivity index (χ4v) is 2.78. The molecule has 0 saturated carbocycles. The number of hydrogen-bond donors (Lipinski definition) is 2. The molecule has 5 heteroatoms. The minimum atomic E-state index is -0.761. The lowest BCUT2D eigenvalue weighted by Gasteiger charge is -2.39. The molecule has 0 bridgehead atoms. The quantitative estimate of drug-likeness (QED) is 0.897. The summed E-state index contributed by atoms with van der Waals surface area (Å²) in [6, 6.07) is 8.10. The van der Waals surface area contributed by atoms with Gasteiger partial charge in [-0.2, -0.15) is 0 Å². The first-order valence-corrected chi connectivity index (χ1v) is 6.79. The number of carbonyl (C=O) groups is 1. The van der Waals surface area contributed by atoms with Crippen molar-refractivity contribution in [2.75, 3.05) is 25.0 Å². The van der Waals surface area contributed by atoms with Gasteiger partial charge in [-0.15, -0.1) is 0 Å². The van der Waals surface area contributed by atoms with Crippen LogP contribution in [0.15, 0.2) is 28.7 Å². The van der Waals surface area contributed by atoms with Gasteiger partial charge in [0, 0.05) is 23.2 Å². The molecule has 2 N–H and O–H groups in total. The molecular formula is C13H17BrN2O2. The number of carboxylic acids is 1. The predicted octanol–water partition coefficient (Wildman–Crippen LogP) is 2.09. The third-order valence-corrected chi connectivity index (χ3v) is 4.17. The smallest absolute Gasteiger partial charge is 0.324 e. The third kappa shape index (κ3) is 2.52. The average molecular weight is 313 g/mol. The fourth-order valence-electron chi connectivity index (χ4n) is 2.39. The summed E-state index contributed by atoms with van der Waals surface area (Å²) >= 11 is 3.45. The Balaban J connectivity index is 2.09. The first kappa shape index (κ1) is 13.4. The Morgan fingerprint density at radius 1 is 1.44 bits per heavy atom.